The Morgan fingerprint density at radius 2 is 1.88 bits per heavy atom. The lowest BCUT2D eigenvalue weighted by Gasteiger charge is -2.15. The Morgan fingerprint density at radius 1 is 1.03 bits per heavy atom. The first-order valence-corrected chi connectivity index (χ1v) is 11.6. The van der Waals surface area contributed by atoms with Crippen LogP contribution in [0.5, 0.6) is 0 Å². The first kappa shape index (κ1) is 20.8. The molecule has 1 N–H and O–H groups in total. The number of imidazole rings is 1. The van der Waals surface area contributed by atoms with Crippen LogP contribution in [0.4, 0.5) is 11.6 Å². The van der Waals surface area contributed by atoms with E-state index in [1.807, 2.05) is 24.3 Å². The summed E-state index contributed by atoms with van der Waals surface area (Å²) >= 11 is 6.39. The maximum absolute atomic E-state index is 13.4. The molecular weight excluding hydrogens is 450 g/mol. The number of nitrogens with zero attached hydrogens (tertiary/aromatic N) is 6. The lowest BCUT2D eigenvalue weighted by atomic mass is 10.2. The maximum atomic E-state index is 13.4. The predicted molar refractivity (Wildman–Crippen MR) is 133 cm³/mol. The lowest BCUT2D eigenvalue weighted by molar-refractivity contribution is 0.331. The van der Waals surface area contributed by atoms with Gasteiger partial charge in [-0.05, 0) is 55.8 Å². The van der Waals surface area contributed by atoms with Gasteiger partial charge < -0.3 is 5.32 Å². The Balaban J connectivity index is 1.40. The molecule has 6 rings (SSSR count). The zero-order chi connectivity index (χ0) is 23.1. The van der Waals surface area contributed by atoms with Gasteiger partial charge in [-0.15, -0.1) is 0 Å². The molecule has 0 spiro atoms. The first-order valence-electron chi connectivity index (χ1n) is 11.3. The molecule has 0 radical (unpaired) electrons. The molecule has 8 nitrogen and oxygen atoms in total. The molecule has 1 aliphatic heterocycles. The van der Waals surface area contributed by atoms with Crippen molar-refractivity contribution in [2.45, 2.75) is 19.4 Å². The number of anilines is 2. The fourth-order valence-corrected chi connectivity index (χ4v) is 4.75. The van der Waals surface area contributed by atoms with E-state index in [9.17, 15) is 4.79 Å². The molecule has 9 heteroatoms. The van der Waals surface area contributed by atoms with Crippen LogP contribution in [0.3, 0.4) is 0 Å². The van der Waals surface area contributed by atoms with E-state index in [1.165, 1.54) is 23.0 Å². The number of hydrogen-bond donors (Lipinski definition) is 1. The van der Waals surface area contributed by atoms with E-state index >= 15 is 0 Å². The minimum atomic E-state index is -0.277. The predicted octanol–water partition coefficient (Wildman–Crippen LogP) is 4.42. The summed E-state index contributed by atoms with van der Waals surface area (Å²) in [4.78, 5) is 29.4. The normalized spacial score (nSPS) is 14.3. The number of para-hydroxylation sites is 1. The Morgan fingerprint density at radius 3 is 2.74 bits per heavy atom. The molecule has 0 amide bonds. The first-order chi connectivity index (χ1) is 16.7. The summed E-state index contributed by atoms with van der Waals surface area (Å²) in [6, 6.07) is 15.5. The van der Waals surface area contributed by atoms with Crippen LogP contribution in [0.25, 0.3) is 22.5 Å². The largest absolute Gasteiger partial charge is 0.324 e. The van der Waals surface area contributed by atoms with Crippen LogP contribution in [0.15, 0.2) is 71.9 Å². The van der Waals surface area contributed by atoms with Crippen molar-refractivity contribution in [1.82, 2.24) is 28.8 Å². The zero-order valence-corrected chi connectivity index (χ0v) is 19.1. The molecule has 1 fully saturated rings. The third-order valence-corrected chi connectivity index (χ3v) is 6.45. The molecule has 1 aliphatic rings. The van der Waals surface area contributed by atoms with E-state index in [2.05, 4.69) is 37.3 Å². The van der Waals surface area contributed by atoms with Crippen LogP contribution in [0.1, 0.15) is 18.4 Å². The SMILES string of the molecule is O=c1c2cnc(Nc3cccc(CN4CCCC4)c3)nc2n2ccnc2n1-c1ccccc1Cl. The van der Waals surface area contributed by atoms with Crippen LogP contribution in [-0.4, -0.2) is 41.9 Å². The fourth-order valence-electron chi connectivity index (χ4n) is 4.53. The molecule has 0 aliphatic carbocycles. The average molecular weight is 472 g/mol. The van der Waals surface area contributed by atoms with Crippen molar-refractivity contribution >= 4 is 40.0 Å². The van der Waals surface area contributed by atoms with Crippen LogP contribution in [0.2, 0.25) is 5.02 Å². The van der Waals surface area contributed by atoms with Crippen LogP contribution in [-0.2, 0) is 6.54 Å². The van der Waals surface area contributed by atoms with Crippen molar-refractivity contribution in [2.75, 3.05) is 18.4 Å². The van der Waals surface area contributed by atoms with E-state index in [1.54, 1.807) is 35.1 Å². The van der Waals surface area contributed by atoms with E-state index in [0.29, 0.717) is 33.5 Å². The fraction of sp³-hybridized carbons (Fsp3) is 0.200. The summed E-state index contributed by atoms with van der Waals surface area (Å²) in [5, 5.41) is 4.12. The smallest absolute Gasteiger partial charge is 0.270 e. The standard InChI is InChI=1S/C25H22ClN7O/c26-20-8-1-2-9-21(20)33-23(34)19-15-28-24(30-22(19)32-13-10-27-25(32)33)29-18-7-5-6-17(14-18)16-31-11-3-4-12-31/h1-2,5-10,13-15H,3-4,11-12,16H2,(H,28,29,30). The molecule has 2 aromatic carbocycles. The number of rotatable bonds is 5. The van der Waals surface area contributed by atoms with Gasteiger partial charge in [-0.2, -0.15) is 4.98 Å². The molecule has 4 heterocycles. The van der Waals surface area contributed by atoms with Crippen molar-refractivity contribution in [1.29, 1.82) is 0 Å². The van der Waals surface area contributed by atoms with Gasteiger partial charge in [0.25, 0.3) is 5.56 Å². The minimum Gasteiger partial charge on any atom is -0.324 e. The van der Waals surface area contributed by atoms with Crippen molar-refractivity contribution in [3.8, 4) is 5.69 Å². The maximum Gasteiger partial charge on any atom is 0.270 e. The van der Waals surface area contributed by atoms with Gasteiger partial charge in [-0.3, -0.25) is 14.1 Å². The Labute approximate surface area is 200 Å². The quantitative estimate of drug-likeness (QED) is 0.408. The number of nitrogens with one attached hydrogen (secondary N) is 1. The molecule has 170 valence electrons. The van der Waals surface area contributed by atoms with Gasteiger partial charge in [0.15, 0.2) is 5.65 Å². The van der Waals surface area contributed by atoms with E-state index in [0.717, 1.165) is 25.3 Å². The second-order valence-corrected chi connectivity index (χ2v) is 8.84. The lowest BCUT2D eigenvalue weighted by Crippen LogP contribution is -2.22. The number of fused-ring (bicyclic) bond motifs is 3. The number of likely N-dealkylation sites (tertiary alicyclic amines) is 1. The Bertz CT molecular complexity index is 1570. The number of benzene rings is 2. The number of halogens is 1. The third kappa shape index (κ3) is 3.70. The molecule has 0 unspecified atom stereocenters. The summed E-state index contributed by atoms with van der Waals surface area (Å²) in [7, 11) is 0. The average Bonchev–Trinajstić information content (AvgIpc) is 3.53. The Kier molecular flexibility index (Phi) is 5.24. The number of aromatic nitrogens is 5. The highest BCUT2D eigenvalue weighted by Gasteiger charge is 2.17. The second kappa shape index (κ2) is 8.55. The molecule has 34 heavy (non-hydrogen) atoms. The van der Waals surface area contributed by atoms with Crippen molar-refractivity contribution in [3.63, 3.8) is 0 Å². The van der Waals surface area contributed by atoms with Gasteiger partial charge in [0.2, 0.25) is 11.7 Å². The summed E-state index contributed by atoms with van der Waals surface area (Å²) in [6.07, 6.45) is 7.50. The molecular formula is C25H22ClN7O. The second-order valence-electron chi connectivity index (χ2n) is 8.43. The molecule has 3 aromatic heterocycles. The van der Waals surface area contributed by atoms with Crippen LogP contribution in [0, 0.1) is 0 Å². The van der Waals surface area contributed by atoms with Gasteiger partial charge in [0, 0.05) is 30.8 Å². The highest BCUT2D eigenvalue weighted by molar-refractivity contribution is 6.32. The third-order valence-electron chi connectivity index (χ3n) is 6.13. The van der Waals surface area contributed by atoms with Crippen LogP contribution < -0.4 is 10.9 Å². The van der Waals surface area contributed by atoms with E-state index in [4.69, 9.17) is 11.6 Å². The molecule has 1 saturated heterocycles. The molecule has 0 atom stereocenters. The minimum absolute atomic E-state index is 0.277. The summed E-state index contributed by atoms with van der Waals surface area (Å²) in [5.74, 6) is 0.846. The Hall–Kier alpha value is -3.75. The highest BCUT2D eigenvalue weighted by Crippen LogP contribution is 2.23. The van der Waals surface area contributed by atoms with Gasteiger partial charge in [-0.25, -0.2) is 14.5 Å². The van der Waals surface area contributed by atoms with Gasteiger partial charge in [-0.1, -0.05) is 35.9 Å². The van der Waals surface area contributed by atoms with Gasteiger partial charge in [0.05, 0.1) is 10.7 Å². The molecule has 0 saturated carbocycles. The van der Waals surface area contributed by atoms with Gasteiger partial charge >= 0.3 is 0 Å². The summed E-state index contributed by atoms with van der Waals surface area (Å²) in [5.41, 5.74) is 2.91. The topological polar surface area (TPSA) is 80.3 Å². The van der Waals surface area contributed by atoms with Crippen molar-refractivity contribution in [3.05, 3.63) is 88.1 Å². The van der Waals surface area contributed by atoms with Gasteiger partial charge in [0.1, 0.15) is 5.39 Å². The zero-order valence-electron chi connectivity index (χ0n) is 18.4. The van der Waals surface area contributed by atoms with Crippen molar-refractivity contribution in [2.24, 2.45) is 0 Å². The summed E-state index contributed by atoms with van der Waals surface area (Å²) < 4.78 is 3.26. The van der Waals surface area contributed by atoms with Crippen LogP contribution >= 0.6 is 11.6 Å². The van der Waals surface area contributed by atoms with E-state index in [-0.39, 0.29) is 5.56 Å². The summed E-state index contributed by atoms with van der Waals surface area (Å²) in [6.45, 7) is 3.24. The van der Waals surface area contributed by atoms with E-state index < -0.39 is 0 Å². The number of hydrogen-bond acceptors (Lipinski definition) is 6. The molecule has 5 aromatic rings. The van der Waals surface area contributed by atoms with Crippen molar-refractivity contribution < 1.29 is 0 Å². The monoisotopic (exact) mass is 471 g/mol. The molecule has 0 bridgehead atoms. The highest BCUT2D eigenvalue weighted by atomic mass is 35.5.